The molecule has 2 aromatic rings. The van der Waals surface area contributed by atoms with Crippen LogP contribution in [0.1, 0.15) is 17.8 Å². The van der Waals surface area contributed by atoms with Gasteiger partial charge in [-0.25, -0.2) is 4.98 Å². The third kappa shape index (κ3) is 3.28. The van der Waals surface area contributed by atoms with Gasteiger partial charge in [0.05, 0.1) is 17.2 Å². The lowest BCUT2D eigenvalue weighted by Gasteiger charge is -2.22. The average molecular weight is 270 g/mol. The number of nitrogens with two attached hydrogens (primary N) is 1. The summed E-state index contributed by atoms with van der Waals surface area (Å²) in [6.07, 6.45) is 0.450. The van der Waals surface area contributed by atoms with Crippen molar-refractivity contribution >= 4 is 17.5 Å². The summed E-state index contributed by atoms with van der Waals surface area (Å²) in [5.41, 5.74) is 8.07. The van der Waals surface area contributed by atoms with Crippen LogP contribution < -0.4 is 10.6 Å². The van der Waals surface area contributed by atoms with E-state index in [1.54, 1.807) is 0 Å². The van der Waals surface area contributed by atoms with Crippen LogP contribution in [0.2, 0.25) is 0 Å². The Hall–Kier alpha value is -2.50. The summed E-state index contributed by atoms with van der Waals surface area (Å²) >= 11 is 0. The number of amidine groups is 1. The second-order valence-corrected chi connectivity index (χ2v) is 4.55. The SMILES string of the molecule is Cc1nnc(N(CCC(=N)N)c2ccccc2)nc1C. The molecule has 0 unspecified atom stereocenters. The molecule has 0 amide bonds. The van der Waals surface area contributed by atoms with E-state index in [0.717, 1.165) is 17.1 Å². The molecule has 104 valence electrons. The maximum Gasteiger partial charge on any atom is 0.250 e. The topological polar surface area (TPSA) is 91.8 Å². The first kappa shape index (κ1) is 13.9. The highest BCUT2D eigenvalue weighted by Gasteiger charge is 2.13. The van der Waals surface area contributed by atoms with Crippen molar-refractivity contribution in [2.24, 2.45) is 5.73 Å². The van der Waals surface area contributed by atoms with Crippen molar-refractivity contribution in [1.29, 1.82) is 5.41 Å². The van der Waals surface area contributed by atoms with Crippen LogP contribution in [0.3, 0.4) is 0 Å². The third-order valence-electron chi connectivity index (χ3n) is 2.99. The van der Waals surface area contributed by atoms with Crippen molar-refractivity contribution in [1.82, 2.24) is 15.2 Å². The highest BCUT2D eigenvalue weighted by molar-refractivity contribution is 5.77. The lowest BCUT2D eigenvalue weighted by molar-refractivity contribution is 0.829. The summed E-state index contributed by atoms with van der Waals surface area (Å²) in [7, 11) is 0. The molecule has 0 saturated carbocycles. The maximum absolute atomic E-state index is 7.38. The van der Waals surface area contributed by atoms with Gasteiger partial charge in [-0.2, -0.15) is 5.10 Å². The fraction of sp³-hybridized carbons (Fsp3) is 0.286. The minimum Gasteiger partial charge on any atom is -0.388 e. The van der Waals surface area contributed by atoms with Crippen LogP contribution in [0.4, 0.5) is 11.6 Å². The van der Waals surface area contributed by atoms with Gasteiger partial charge >= 0.3 is 0 Å². The second kappa shape index (κ2) is 6.10. The Morgan fingerprint density at radius 2 is 1.85 bits per heavy atom. The molecule has 1 aromatic heterocycles. The molecule has 6 nitrogen and oxygen atoms in total. The van der Waals surface area contributed by atoms with E-state index in [4.69, 9.17) is 11.1 Å². The largest absolute Gasteiger partial charge is 0.388 e. The number of benzene rings is 1. The Balaban J connectivity index is 2.35. The van der Waals surface area contributed by atoms with Crippen molar-refractivity contribution in [3.8, 4) is 0 Å². The molecule has 0 spiro atoms. The number of hydrogen-bond donors (Lipinski definition) is 2. The van der Waals surface area contributed by atoms with Crippen molar-refractivity contribution in [3.63, 3.8) is 0 Å². The van der Waals surface area contributed by atoms with Crippen LogP contribution in [-0.4, -0.2) is 27.6 Å². The number of anilines is 2. The number of aryl methyl sites for hydroxylation is 2. The van der Waals surface area contributed by atoms with Crippen LogP contribution >= 0.6 is 0 Å². The highest BCUT2D eigenvalue weighted by atomic mass is 15.3. The Bertz CT molecular complexity index is 596. The van der Waals surface area contributed by atoms with E-state index in [-0.39, 0.29) is 5.84 Å². The minimum atomic E-state index is 0.141. The van der Waals surface area contributed by atoms with Gasteiger partial charge in [0, 0.05) is 18.7 Å². The minimum absolute atomic E-state index is 0.141. The lowest BCUT2D eigenvalue weighted by atomic mass is 10.2. The first-order valence-corrected chi connectivity index (χ1v) is 6.41. The van der Waals surface area contributed by atoms with Crippen LogP contribution in [0.25, 0.3) is 0 Å². The third-order valence-corrected chi connectivity index (χ3v) is 2.99. The van der Waals surface area contributed by atoms with Crippen LogP contribution in [0, 0.1) is 19.3 Å². The van der Waals surface area contributed by atoms with E-state index < -0.39 is 0 Å². The standard InChI is InChI=1S/C14H18N6/c1-10-11(2)18-19-14(17-10)20(9-8-13(15)16)12-6-4-3-5-7-12/h3-7H,8-9H2,1-2H3,(H3,15,16). The van der Waals surface area contributed by atoms with E-state index in [1.165, 1.54) is 0 Å². The molecule has 20 heavy (non-hydrogen) atoms. The van der Waals surface area contributed by atoms with Gasteiger partial charge in [0.1, 0.15) is 0 Å². The zero-order valence-corrected chi connectivity index (χ0v) is 11.7. The molecule has 3 N–H and O–H groups in total. The molecule has 0 aliphatic carbocycles. The Morgan fingerprint density at radius 1 is 1.15 bits per heavy atom. The van der Waals surface area contributed by atoms with Crippen LogP contribution in [0.5, 0.6) is 0 Å². The van der Waals surface area contributed by atoms with Crippen LogP contribution in [0.15, 0.2) is 30.3 Å². The Kier molecular flexibility index (Phi) is 4.24. The summed E-state index contributed by atoms with van der Waals surface area (Å²) < 4.78 is 0. The zero-order valence-electron chi connectivity index (χ0n) is 11.7. The monoisotopic (exact) mass is 270 g/mol. The molecule has 0 fully saturated rings. The average Bonchev–Trinajstić information content (AvgIpc) is 2.44. The van der Waals surface area contributed by atoms with Crippen molar-refractivity contribution in [3.05, 3.63) is 41.7 Å². The molecule has 1 heterocycles. The van der Waals surface area contributed by atoms with E-state index in [9.17, 15) is 0 Å². The number of rotatable bonds is 5. The maximum atomic E-state index is 7.38. The van der Waals surface area contributed by atoms with E-state index in [0.29, 0.717) is 18.9 Å². The molecular formula is C14H18N6. The summed E-state index contributed by atoms with van der Waals surface area (Å²) in [6.45, 7) is 4.33. The van der Waals surface area contributed by atoms with Gasteiger partial charge < -0.3 is 10.6 Å². The van der Waals surface area contributed by atoms with Crippen LogP contribution in [-0.2, 0) is 0 Å². The molecule has 0 saturated heterocycles. The molecular weight excluding hydrogens is 252 g/mol. The molecule has 6 heteroatoms. The number of hydrogen-bond acceptors (Lipinski definition) is 5. The molecule has 2 rings (SSSR count). The van der Waals surface area contributed by atoms with Gasteiger partial charge in [-0.15, -0.1) is 5.10 Å². The normalized spacial score (nSPS) is 10.3. The predicted octanol–water partition coefficient (Wildman–Crippen LogP) is 1.95. The quantitative estimate of drug-likeness (QED) is 0.640. The second-order valence-electron chi connectivity index (χ2n) is 4.55. The van der Waals surface area contributed by atoms with Gasteiger partial charge in [0.15, 0.2) is 0 Å². The molecule has 0 radical (unpaired) electrons. The van der Waals surface area contributed by atoms with E-state index in [2.05, 4.69) is 15.2 Å². The summed E-state index contributed by atoms with van der Waals surface area (Å²) in [4.78, 5) is 6.39. The first-order chi connectivity index (χ1) is 9.58. The van der Waals surface area contributed by atoms with Gasteiger partial charge in [-0.1, -0.05) is 18.2 Å². The number of nitrogens with zero attached hydrogens (tertiary/aromatic N) is 4. The van der Waals surface area contributed by atoms with Gasteiger partial charge in [0.2, 0.25) is 5.95 Å². The summed E-state index contributed by atoms with van der Waals surface area (Å²) in [6, 6.07) is 9.79. The number of para-hydroxylation sites is 1. The smallest absolute Gasteiger partial charge is 0.250 e. The fourth-order valence-corrected chi connectivity index (χ4v) is 1.74. The van der Waals surface area contributed by atoms with Gasteiger partial charge in [0.25, 0.3) is 0 Å². The molecule has 0 aliphatic heterocycles. The van der Waals surface area contributed by atoms with Crippen molar-refractivity contribution in [2.75, 3.05) is 11.4 Å². The highest BCUT2D eigenvalue weighted by Crippen LogP contribution is 2.21. The lowest BCUT2D eigenvalue weighted by Crippen LogP contribution is -2.25. The molecule has 0 bridgehead atoms. The van der Waals surface area contributed by atoms with Crippen molar-refractivity contribution in [2.45, 2.75) is 20.3 Å². The van der Waals surface area contributed by atoms with Gasteiger partial charge in [-0.3, -0.25) is 5.41 Å². The predicted molar refractivity (Wildman–Crippen MR) is 79.3 cm³/mol. The van der Waals surface area contributed by atoms with E-state index >= 15 is 0 Å². The fourth-order valence-electron chi connectivity index (χ4n) is 1.74. The van der Waals surface area contributed by atoms with Gasteiger partial charge in [-0.05, 0) is 26.0 Å². The molecule has 1 aromatic carbocycles. The van der Waals surface area contributed by atoms with Crippen molar-refractivity contribution < 1.29 is 0 Å². The Morgan fingerprint density at radius 3 is 2.45 bits per heavy atom. The molecule has 0 atom stereocenters. The first-order valence-electron chi connectivity index (χ1n) is 6.41. The zero-order chi connectivity index (χ0) is 14.5. The summed E-state index contributed by atoms with van der Waals surface area (Å²) in [5.74, 6) is 0.670. The number of aromatic nitrogens is 3. The van der Waals surface area contributed by atoms with E-state index in [1.807, 2.05) is 49.1 Å². The Labute approximate surface area is 118 Å². The summed E-state index contributed by atoms with van der Waals surface area (Å²) in [5, 5.41) is 15.6. The number of nitrogens with one attached hydrogen (secondary N) is 1. The molecule has 0 aliphatic rings.